The van der Waals surface area contributed by atoms with Crippen molar-refractivity contribution in [3.05, 3.63) is 0 Å². The summed E-state index contributed by atoms with van der Waals surface area (Å²) in [6.45, 7) is 0. The molecule has 0 aromatic carbocycles. The maximum absolute atomic E-state index is 8.65. The minimum Gasteiger partial charge on any atom is 0 e. The second-order valence-corrected chi connectivity index (χ2v) is 2.26. The van der Waals surface area contributed by atoms with Crippen molar-refractivity contribution < 1.29 is 24.4 Å². The Hall–Kier alpha value is 1.02. The molecule has 0 aliphatic carbocycles. The average Bonchev–Trinajstić information content (AvgIpc) is 1.25. The molecule has 0 aromatic rings. The predicted octanol–water partition coefficient (Wildman–Crippen LogP) is -4.87. The van der Waals surface area contributed by atoms with Crippen molar-refractivity contribution in [3.63, 3.8) is 0 Å². The Morgan fingerprint density at radius 3 is 1.00 bits per heavy atom. The van der Waals surface area contributed by atoms with Gasteiger partial charge < -0.3 is 0 Å². The molecule has 0 rings (SSSR count). The first-order valence-electron chi connectivity index (χ1n) is 1.03. The van der Waals surface area contributed by atoms with E-state index >= 15 is 0 Å². The molecule has 2 atom stereocenters. The minimum atomic E-state index is -3.54. The molecule has 0 amide bonds. The van der Waals surface area contributed by atoms with Crippen LogP contribution >= 0.6 is 0 Å². The van der Waals surface area contributed by atoms with E-state index in [0.717, 1.165) is 0 Å². The first kappa shape index (κ1) is 16.5. The molecule has 2 N–H and O–H groups in total. The fraction of sp³-hybridized carbons (Fsp3) is 0. The van der Waals surface area contributed by atoms with Crippen molar-refractivity contribution in [1.29, 1.82) is 0 Å². The van der Waals surface area contributed by atoms with Crippen LogP contribution in [-0.2, 0) is 7.67 Å². The average molecular weight is 329 g/mol. The summed E-state index contributed by atoms with van der Waals surface area (Å²) in [6, 6.07) is 0. The van der Waals surface area contributed by atoms with Gasteiger partial charge in [0.2, 0.25) is 0 Å². The Labute approximate surface area is 71.0 Å². The van der Waals surface area contributed by atoms with Gasteiger partial charge in [0, 0.05) is 17.6 Å². The monoisotopic (exact) mass is 332 g/mol. The summed E-state index contributed by atoms with van der Waals surface area (Å²) in [5.41, 5.74) is 0. The normalized spacial score (nSPS) is 13.8. The third kappa shape index (κ3) is 426. The van der Waals surface area contributed by atoms with E-state index in [1.165, 1.54) is 0 Å². The van der Waals surface area contributed by atoms with Crippen LogP contribution in [0, 0.1) is 0 Å². The minimum absolute atomic E-state index is 0. The third-order valence-electron chi connectivity index (χ3n) is 0. The zero-order chi connectivity index (χ0) is 7.15. The second kappa shape index (κ2) is 11.8. The molecule has 0 bridgehead atoms. The second-order valence-electron chi connectivity index (χ2n) is 0.434. The first-order valence-corrected chi connectivity index (χ1v) is 5.36. The first-order chi connectivity index (χ1) is 3.46. The van der Waals surface area contributed by atoms with E-state index in [4.69, 9.17) is 24.4 Å². The number of rotatable bonds is 0. The van der Waals surface area contributed by atoms with Crippen LogP contribution in [-0.4, -0.2) is 55.0 Å². The van der Waals surface area contributed by atoms with Crippen LogP contribution in [0.3, 0.4) is 0 Å². The molecule has 0 heterocycles. The van der Waals surface area contributed by atoms with E-state index < -0.39 is 29.0 Å². The Bertz CT molecular complexity index is 69.1. The molecular weight excluding hydrogens is 327 g/mol. The van der Waals surface area contributed by atoms with Crippen LogP contribution in [0.15, 0.2) is 0 Å². The molecule has 0 saturated carbocycles. The van der Waals surface area contributed by atoms with Crippen LogP contribution in [0.25, 0.3) is 0 Å². The molecule has 9 heteroatoms. The largest absolute Gasteiger partial charge is 0 e. The van der Waals surface area contributed by atoms with Crippen molar-refractivity contribution in [3.8, 4) is 0 Å². The maximum atomic E-state index is 8.65. The SMILES string of the molecule is O=[Se]([O-])O.O=[Se]([O-])O.[Ge]. The van der Waals surface area contributed by atoms with Gasteiger partial charge in [-0.15, -0.1) is 0 Å². The van der Waals surface area contributed by atoms with Crippen LogP contribution in [0.4, 0.5) is 0 Å². The summed E-state index contributed by atoms with van der Waals surface area (Å²) in [5.74, 6) is 0. The van der Waals surface area contributed by atoms with Gasteiger partial charge in [0.15, 0.2) is 0 Å². The molecule has 2 unspecified atom stereocenters. The van der Waals surface area contributed by atoms with Crippen molar-refractivity contribution in [2.24, 2.45) is 0 Å². The Kier molecular flexibility index (Phi) is 21.6. The molecule has 0 fully saturated rings. The predicted molar refractivity (Wildman–Crippen MR) is 23.1 cm³/mol. The van der Waals surface area contributed by atoms with Crippen LogP contribution in [0.2, 0.25) is 0 Å². The van der Waals surface area contributed by atoms with Crippen molar-refractivity contribution >= 4 is 46.6 Å². The molecule has 0 aromatic heterocycles. The standard InChI is InChI=1S/Ge.2H2O3Se/c;2*1-4(2)3/h;2*(H2,1,2,3)/p-2. The summed E-state index contributed by atoms with van der Waals surface area (Å²) in [5, 5.41) is 0. The summed E-state index contributed by atoms with van der Waals surface area (Å²) < 4.78 is 48.8. The van der Waals surface area contributed by atoms with E-state index in [1.807, 2.05) is 0 Å². The summed E-state index contributed by atoms with van der Waals surface area (Å²) >= 11 is -7.08. The van der Waals surface area contributed by atoms with Gasteiger partial charge in [0.05, 0.1) is 0 Å². The number of hydrogen-bond acceptors (Lipinski definition) is 4. The van der Waals surface area contributed by atoms with Gasteiger partial charge in [-0.25, -0.2) is 0 Å². The fourth-order valence-corrected chi connectivity index (χ4v) is 0. The van der Waals surface area contributed by atoms with Crippen molar-refractivity contribution in [1.82, 2.24) is 0 Å². The van der Waals surface area contributed by atoms with Gasteiger partial charge in [-0.3, -0.25) is 0 Å². The quantitative estimate of drug-likeness (QED) is 0.430. The summed E-state index contributed by atoms with van der Waals surface area (Å²) in [6.07, 6.45) is 0. The Balaban J connectivity index is -0.0000000720. The summed E-state index contributed by atoms with van der Waals surface area (Å²) in [4.78, 5) is 0. The summed E-state index contributed by atoms with van der Waals surface area (Å²) in [7, 11) is 0. The molecule has 56 valence electrons. The molecule has 9 heavy (non-hydrogen) atoms. The van der Waals surface area contributed by atoms with Crippen molar-refractivity contribution in [2.75, 3.05) is 0 Å². The van der Waals surface area contributed by atoms with Gasteiger partial charge >= 0.3 is 53.4 Å². The van der Waals surface area contributed by atoms with Gasteiger partial charge in [0.25, 0.3) is 0 Å². The van der Waals surface area contributed by atoms with E-state index in [0.29, 0.717) is 0 Å². The number of hydrogen-bond donors (Lipinski definition) is 2. The van der Waals surface area contributed by atoms with Gasteiger partial charge in [0.1, 0.15) is 0 Å². The topological polar surface area (TPSA) is 121 Å². The van der Waals surface area contributed by atoms with E-state index in [-0.39, 0.29) is 17.6 Å². The fourth-order valence-electron chi connectivity index (χ4n) is 0. The van der Waals surface area contributed by atoms with Crippen LogP contribution in [0.1, 0.15) is 0 Å². The van der Waals surface area contributed by atoms with Crippen LogP contribution < -0.4 is 8.38 Å². The van der Waals surface area contributed by atoms with Gasteiger partial charge in [-0.05, 0) is 0 Å². The Morgan fingerprint density at radius 2 is 1.00 bits per heavy atom. The van der Waals surface area contributed by atoms with Gasteiger partial charge in [-0.2, -0.15) is 0 Å². The van der Waals surface area contributed by atoms with Crippen LogP contribution in [0.5, 0.6) is 0 Å². The van der Waals surface area contributed by atoms with E-state index in [1.54, 1.807) is 0 Å². The zero-order valence-corrected chi connectivity index (χ0v) is 9.37. The Morgan fingerprint density at radius 1 is 1.00 bits per heavy atom. The van der Waals surface area contributed by atoms with E-state index in [2.05, 4.69) is 0 Å². The molecule has 0 aliphatic heterocycles. The third-order valence-corrected chi connectivity index (χ3v) is 0. The molecule has 4 radical (unpaired) electrons. The molecule has 0 aliphatic rings. The molecule has 0 saturated heterocycles. The molecular formula is H2GeO6Se2-2. The molecule has 6 nitrogen and oxygen atoms in total. The van der Waals surface area contributed by atoms with Gasteiger partial charge in [-0.1, -0.05) is 0 Å². The maximum Gasteiger partial charge on any atom is 0 e. The zero-order valence-electron chi connectivity index (χ0n) is 3.84. The van der Waals surface area contributed by atoms with E-state index in [9.17, 15) is 0 Å². The van der Waals surface area contributed by atoms with Crippen molar-refractivity contribution in [2.45, 2.75) is 0 Å². The smallest absolute Gasteiger partial charge is 0 e. The molecule has 0 spiro atoms.